The highest BCUT2D eigenvalue weighted by molar-refractivity contribution is 6.38. The Morgan fingerprint density at radius 3 is 2.47 bits per heavy atom. The molecule has 8 nitrogen and oxygen atoms in total. The molecule has 32 heavy (non-hydrogen) atoms. The Morgan fingerprint density at radius 2 is 1.88 bits per heavy atom. The largest absolute Gasteiger partial charge is 0.347 e. The zero-order valence-corrected chi connectivity index (χ0v) is 20.3. The molecule has 2 bridgehead atoms. The maximum atomic E-state index is 13.8. The molecule has 180 valence electrons. The summed E-state index contributed by atoms with van der Waals surface area (Å²) in [6, 6.07) is -1.30. The zero-order chi connectivity index (χ0) is 23.6. The lowest BCUT2D eigenvalue weighted by Crippen LogP contribution is -2.58. The molecule has 8 heteroatoms. The van der Waals surface area contributed by atoms with Crippen LogP contribution in [0.25, 0.3) is 0 Å². The monoisotopic (exact) mass is 448 g/mol. The Morgan fingerprint density at radius 1 is 1.19 bits per heavy atom. The van der Waals surface area contributed by atoms with Gasteiger partial charge in [-0.3, -0.25) is 24.5 Å². The second-order valence-electron chi connectivity index (χ2n) is 10.9. The molecule has 2 heterocycles. The van der Waals surface area contributed by atoms with Crippen molar-refractivity contribution in [3.63, 3.8) is 0 Å². The quantitative estimate of drug-likeness (QED) is 0.578. The predicted molar refractivity (Wildman–Crippen MR) is 121 cm³/mol. The molecule has 0 spiro atoms. The molecule has 3 fully saturated rings. The number of carbonyl (C=O) groups excluding carboxylic acids is 4. The van der Waals surface area contributed by atoms with E-state index in [0.717, 1.165) is 19.3 Å². The van der Waals surface area contributed by atoms with Crippen LogP contribution >= 0.6 is 0 Å². The third-order valence-electron chi connectivity index (χ3n) is 7.30. The van der Waals surface area contributed by atoms with Gasteiger partial charge in [0.05, 0.1) is 6.67 Å². The predicted octanol–water partition coefficient (Wildman–Crippen LogP) is 1.68. The van der Waals surface area contributed by atoms with E-state index in [2.05, 4.69) is 10.6 Å². The fraction of sp³-hybridized carbons (Fsp3) is 0.833. The lowest BCUT2D eigenvalue weighted by atomic mass is 9.81. The average Bonchev–Trinajstić information content (AvgIpc) is 3.44. The molecule has 0 aromatic heterocycles. The van der Waals surface area contributed by atoms with Gasteiger partial charge in [0.1, 0.15) is 12.1 Å². The van der Waals surface area contributed by atoms with Crippen molar-refractivity contribution in [2.75, 3.05) is 19.8 Å². The van der Waals surface area contributed by atoms with Crippen molar-refractivity contribution in [1.82, 2.24) is 20.4 Å². The molecule has 3 aliphatic rings. The van der Waals surface area contributed by atoms with Crippen molar-refractivity contribution in [1.29, 1.82) is 0 Å². The number of Topliss-reactive ketones (excluding diaryl/α,β-unsaturated/α-hetero) is 1. The van der Waals surface area contributed by atoms with Gasteiger partial charge in [0.2, 0.25) is 17.6 Å². The zero-order valence-electron chi connectivity index (χ0n) is 20.3. The minimum atomic E-state index is -0.812. The fourth-order valence-electron chi connectivity index (χ4n) is 4.61. The summed E-state index contributed by atoms with van der Waals surface area (Å²) < 4.78 is 0. The van der Waals surface area contributed by atoms with E-state index in [1.165, 1.54) is 4.90 Å². The SMILES string of the molecule is CCCC(C(=O)C(=O)NC1CC1)N1CNCC[C@@H]2C[C@@H](C1=O)N(C(=O)[C@@H](C)C(C)(C)C)C2. The Bertz CT molecular complexity index is 743. The lowest BCUT2D eigenvalue weighted by molar-refractivity contribution is -0.152. The number of fused-ring (bicyclic) bond motifs is 2. The van der Waals surface area contributed by atoms with Gasteiger partial charge >= 0.3 is 0 Å². The van der Waals surface area contributed by atoms with Crippen LogP contribution in [-0.4, -0.2) is 71.2 Å². The van der Waals surface area contributed by atoms with E-state index in [9.17, 15) is 19.2 Å². The first-order chi connectivity index (χ1) is 15.0. The van der Waals surface area contributed by atoms with Crippen LogP contribution in [0.5, 0.6) is 0 Å². The first kappa shape index (κ1) is 24.7. The number of nitrogens with zero attached hydrogens (tertiary/aromatic N) is 2. The van der Waals surface area contributed by atoms with Crippen molar-refractivity contribution < 1.29 is 19.2 Å². The molecule has 1 unspecified atom stereocenters. The number of amides is 3. The Labute approximate surface area is 191 Å². The van der Waals surface area contributed by atoms with Crippen LogP contribution in [-0.2, 0) is 19.2 Å². The van der Waals surface area contributed by atoms with Crippen molar-refractivity contribution in [2.24, 2.45) is 17.3 Å². The van der Waals surface area contributed by atoms with Gasteiger partial charge in [-0.05, 0) is 50.0 Å². The third-order valence-corrected chi connectivity index (χ3v) is 7.30. The molecule has 0 aromatic rings. The van der Waals surface area contributed by atoms with Crippen molar-refractivity contribution in [3.8, 4) is 0 Å². The summed E-state index contributed by atoms with van der Waals surface area (Å²) in [5.41, 5.74) is -0.206. The smallest absolute Gasteiger partial charge is 0.289 e. The fourth-order valence-corrected chi connectivity index (χ4v) is 4.61. The average molecular weight is 449 g/mol. The molecule has 1 saturated carbocycles. The van der Waals surface area contributed by atoms with Crippen LogP contribution in [0.1, 0.15) is 73.1 Å². The van der Waals surface area contributed by atoms with E-state index in [0.29, 0.717) is 32.4 Å². The first-order valence-corrected chi connectivity index (χ1v) is 12.2. The molecular weight excluding hydrogens is 408 g/mol. The third kappa shape index (κ3) is 5.50. The number of ketones is 1. The highest BCUT2D eigenvalue weighted by Gasteiger charge is 2.46. The molecular formula is C24H40N4O4. The second-order valence-corrected chi connectivity index (χ2v) is 10.9. The number of carbonyl (C=O) groups is 4. The number of nitrogens with one attached hydrogen (secondary N) is 2. The molecule has 3 rings (SSSR count). The van der Waals surface area contributed by atoms with Crippen LogP contribution in [0.15, 0.2) is 0 Å². The standard InChI is InChI=1S/C24H40N4O4/c1-6-7-18(20(29)21(30)26-17-8-9-17)28-14-25-11-10-16-12-19(23(28)32)27(13-16)22(31)15(2)24(3,4)5/h15-19,25H,6-14H2,1-5H3,(H,26,30)/t15-,16-,18?,19+/m1/s1. The summed E-state index contributed by atoms with van der Waals surface area (Å²) in [5, 5.41) is 6.05. The van der Waals surface area contributed by atoms with E-state index in [1.54, 1.807) is 4.90 Å². The minimum Gasteiger partial charge on any atom is -0.347 e. The molecule has 0 aromatic carbocycles. The highest BCUT2D eigenvalue weighted by Crippen LogP contribution is 2.34. The summed E-state index contributed by atoms with van der Waals surface area (Å²) >= 11 is 0. The molecule has 2 aliphatic heterocycles. The number of hydrogen-bond acceptors (Lipinski definition) is 5. The normalized spacial score (nSPS) is 26.1. The van der Waals surface area contributed by atoms with Gasteiger partial charge in [-0.1, -0.05) is 41.0 Å². The first-order valence-electron chi connectivity index (χ1n) is 12.2. The van der Waals surface area contributed by atoms with Gasteiger partial charge in [0, 0.05) is 18.5 Å². The maximum absolute atomic E-state index is 13.8. The topological polar surface area (TPSA) is 98.8 Å². The number of likely N-dealkylation sites (tertiary alicyclic amines) is 1. The van der Waals surface area contributed by atoms with Gasteiger partial charge in [0.15, 0.2) is 0 Å². The van der Waals surface area contributed by atoms with Crippen molar-refractivity contribution >= 4 is 23.5 Å². The van der Waals surface area contributed by atoms with Gasteiger partial charge in [-0.25, -0.2) is 0 Å². The molecule has 3 amide bonds. The van der Waals surface area contributed by atoms with Crippen LogP contribution in [0.4, 0.5) is 0 Å². The molecule has 0 radical (unpaired) electrons. The van der Waals surface area contributed by atoms with Crippen molar-refractivity contribution in [3.05, 3.63) is 0 Å². The van der Waals surface area contributed by atoms with E-state index >= 15 is 0 Å². The molecule has 4 atom stereocenters. The van der Waals surface area contributed by atoms with E-state index in [-0.39, 0.29) is 41.8 Å². The van der Waals surface area contributed by atoms with Crippen molar-refractivity contribution in [2.45, 2.75) is 91.3 Å². The second kappa shape index (κ2) is 9.89. The van der Waals surface area contributed by atoms with E-state index in [4.69, 9.17) is 0 Å². The van der Waals surface area contributed by atoms with E-state index < -0.39 is 23.8 Å². The van der Waals surface area contributed by atoms with E-state index in [1.807, 2.05) is 34.6 Å². The molecule has 1 aliphatic carbocycles. The molecule has 2 saturated heterocycles. The Kier molecular flexibility index (Phi) is 7.63. The van der Waals surface area contributed by atoms with Crippen LogP contribution in [0.3, 0.4) is 0 Å². The van der Waals surface area contributed by atoms with Gasteiger partial charge < -0.3 is 15.1 Å². The molecule has 2 N–H and O–H groups in total. The summed E-state index contributed by atoms with van der Waals surface area (Å²) in [5.74, 6) is -1.34. The van der Waals surface area contributed by atoms with Crippen LogP contribution in [0.2, 0.25) is 0 Å². The summed E-state index contributed by atoms with van der Waals surface area (Å²) in [6.45, 7) is 11.5. The minimum absolute atomic E-state index is 0.00308. The van der Waals surface area contributed by atoms with Gasteiger partial charge in [0.25, 0.3) is 5.91 Å². The van der Waals surface area contributed by atoms with Crippen LogP contribution in [0, 0.1) is 17.3 Å². The van der Waals surface area contributed by atoms with Gasteiger partial charge in [-0.15, -0.1) is 0 Å². The maximum Gasteiger partial charge on any atom is 0.289 e. The van der Waals surface area contributed by atoms with Crippen LogP contribution < -0.4 is 10.6 Å². The summed E-state index contributed by atoms with van der Waals surface area (Å²) in [4.78, 5) is 56.0. The lowest BCUT2D eigenvalue weighted by Gasteiger charge is -2.37. The highest BCUT2D eigenvalue weighted by atomic mass is 16.2. The number of rotatable bonds is 7. The summed E-state index contributed by atoms with van der Waals surface area (Å²) in [6.07, 6.45) is 4.38. The Hall–Kier alpha value is -1.96. The Balaban J connectivity index is 1.85. The number of hydrogen-bond donors (Lipinski definition) is 2. The summed E-state index contributed by atoms with van der Waals surface area (Å²) in [7, 11) is 0. The van der Waals surface area contributed by atoms with Gasteiger partial charge in [-0.2, -0.15) is 0 Å².